The minimum atomic E-state index is -0.376. The summed E-state index contributed by atoms with van der Waals surface area (Å²) in [4.78, 5) is 23.5. The van der Waals surface area contributed by atoms with Crippen molar-refractivity contribution < 1.29 is 14.0 Å². The van der Waals surface area contributed by atoms with Crippen molar-refractivity contribution in [3.05, 3.63) is 65.5 Å². The van der Waals surface area contributed by atoms with Gasteiger partial charge in [0, 0.05) is 18.5 Å². The van der Waals surface area contributed by atoms with Crippen molar-refractivity contribution in [1.29, 1.82) is 0 Å². The first-order valence-corrected chi connectivity index (χ1v) is 8.41. The van der Waals surface area contributed by atoms with Gasteiger partial charge in [-0.15, -0.1) is 0 Å². The normalized spacial score (nSPS) is 10.9. The van der Waals surface area contributed by atoms with E-state index in [1.54, 1.807) is 6.21 Å². The molecule has 0 aliphatic heterocycles. The molecule has 0 spiro atoms. The maximum Gasteiger partial charge on any atom is 0.240 e. The van der Waals surface area contributed by atoms with Crippen LogP contribution < -0.4 is 10.7 Å². The molecule has 2 N–H and O–H groups in total. The van der Waals surface area contributed by atoms with Gasteiger partial charge in [0.25, 0.3) is 0 Å². The fraction of sp³-hybridized carbons (Fsp3) is 0.250. The van der Waals surface area contributed by atoms with Crippen LogP contribution in [0.4, 0.5) is 10.1 Å². The predicted octanol–water partition coefficient (Wildman–Crippen LogP) is 3.82. The zero-order chi connectivity index (χ0) is 18.9. The number of hydrogen-bond acceptors (Lipinski definition) is 3. The van der Waals surface area contributed by atoms with Crippen LogP contribution in [0, 0.1) is 5.82 Å². The van der Waals surface area contributed by atoms with Gasteiger partial charge in [-0.3, -0.25) is 9.59 Å². The molecule has 0 aliphatic rings. The Bertz CT molecular complexity index is 769. The Morgan fingerprint density at radius 2 is 1.62 bits per heavy atom. The first-order chi connectivity index (χ1) is 12.4. The Morgan fingerprint density at radius 3 is 2.23 bits per heavy atom. The average molecular weight is 355 g/mol. The first-order valence-electron chi connectivity index (χ1n) is 8.41. The molecule has 0 aromatic heterocycles. The molecule has 0 saturated carbocycles. The molecule has 26 heavy (non-hydrogen) atoms. The van der Waals surface area contributed by atoms with Crippen LogP contribution in [-0.4, -0.2) is 18.0 Å². The van der Waals surface area contributed by atoms with Crippen molar-refractivity contribution in [3.8, 4) is 0 Å². The molecule has 6 heteroatoms. The van der Waals surface area contributed by atoms with Crippen molar-refractivity contribution in [1.82, 2.24) is 5.43 Å². The monoisotopic (exact) mass is 355 g/mol. The number of benzene rings is 2. The van der Waals surface area contributed by atoms with E-state index in [2.05, 4.69) is 29.7 Å². The Morgan fingerprint density at radius 1 is 1.00 bits per heavy atom. The first kappa shape index (κ1) is 19.3. The number of nitrogens with zero attached hydrogens (tertiary/aromatic N) is 1. The van der Waals surface area contributed by atoms with Gasteiger partial charge in [0.15, 0.2) is 0 Å². The van der Waals surface area contributed by atoms with Gasteiger partial charge in [-0.1, -0.05) is 38.1 Å². The lowest BCUT2D eigenvalue weighted by molar-refractivity contribution is -0.124. The van der Waals surface area contributed by atoms with Crippen LogP contribution in [0.15, 0.2) is 53.6 Å². The largest absolute Gasteiger partial charge is 0.326 e. The van der Waals surface area contributed by atoms with Crippen LogP contribution in [0.25, 0.3) is 0 Å². The van der Waals surface area contributed by atoms with Crippen molar-refractivity contribution in [2.45, 2.75) is 32.6 Å². The number of amides is 2. The molecule has 0 atom stereocenters. The van der Waals surface area contributed by atoms with E-state index in [1.165, 1.54) is 29.8 Å². The van der Waals surface area contributed by atoms with Gasteiger partial charge in [0.05, 0.1) is 6.21 Å². The van der Waals surface area contributed by atoms with E-state index >= 15 is 0 Å². The molecule has 0 saturated heterocycles. The van der Waals surface area contributed by atoms with Crippen LogP contribution in [-0.2, 0) is 9.59 Å². The quantitative estimate of drug-likeness (QED) is 0.585. The summed E-state index contributed by atoms with van der Waals surface area (Å²) < 4.78 is 12.8. The summed E-state index contributed by atoms with van der Waals surface area (Å²) in [5.41, 5.74) is 5.00. The lowest BCUT2D eigenvalue weighted by Crippen LogP contribution is -2.20. The molecule has 0 unspecified atom stereocenters. The van der Waals surface area contributed by atoms with E-state index in [0.29, 0.717) is 11.6 Å². The number of rotatable bonds is 7. The summed E-state index contributed by atoms with van der Waals surface area (Å²) in [5, 5.41) is 6.49. The van der Waals surface area contributed by atoms with Gasteiger partial charge in [0.2, 0.25) is 11.8 Å². The second kappa shape index (κ2) is 9.46. The molecule has 2 aromatic carbocycles. The van der Waals surface area contributed by atoms with E-state index in [1.807, 2.05) is 24.3 Å². The Kier molecular flexibility index (Phi) is 7.02. The van der Waals surface area contributed by atoms with E-state index in [9.17, 15) is 14.0 Å². The zero-order valence-electron chi connectivity index (χ0n) is 14.8. The minimum absolute atomic E-state index is 0.0106. The Balaban J connectivity index is 1.72. The lowest BCUT2D eigenvalue weighted by atomic mass is 10.0. The molecule has 0 bridgehead atoms. The number of hydrazone groups is 1. The number of nitrogens with one attached hydrogen (secondary N) is 2. The zero-order valence-corrected chi connectivity index (χ0v) is 14.8. The summed E-state index contributed by atoms with van der Waals surface area (Å²) in [6, 6.07) is 13.3. The summed E-state index contributed by atoms with van der Waals surface area (Å²) in [5.74, 6) is -0.588. The SMILES string of the molecule is CC(C)c1ccc(/C=N/NC(=O)CCC(=O)Nc2ccc(F)cc2)cc1. The number of carbonyl (C=O) groups excluding carboxylic acids is 2. The molecule has 0 heterocycles. The smallest absolute Gasteiger partial charge is 0.240 e. The molecule has 5 nitrogen and oxygen atoms in total. The van der Waals surface area contributed by atoms with Crippen LogP contribution in [0.5, 0.6) is 0 Å². The van der Waals surface area contributed by atoms with Crippen molar-refractivity contribution in [2.75, 3.05) is 5.32 Å². The molecule has 136 valence electrons. The number of carbonyl (C=O) groups is 2. The fourth-order valence-corrected chi connectivity index (χ4v) is 2.19. The molecule has 2 amide bonds. The summed E-state index contributed by atoms with van der Waals surface area (Å²) >= 11 is 0. The molecule has 0 radical (unpaired) electrons. The summed E-state index contributed by atoms with van der Waals surface area (Å²) in [7, 11) is 0. The Labute approximate surface area is 152 Å². The topological polar surface area (TPSA) is 70.6 Å². The van der Waals surface area contributed by atoms with Gasteiger partial charge < -0.3 is 5.32 Å². The van der Waals surface area contributed by atoms with Gasteiger partial charge in [-0.2, -0.15) is 5.10 Å². The van der Waals surface area contributed by atoms with Crippen molar-refractivity contribution in [2.24, 2.45) is 5.10 Å². The standard InChI is InChI=1S/C20H22FN3O2/c1-14(2)16-5-3-15(4-6-16)13-22-24-20(26)12-11-19(25)23-18-9-7-17(21)8-10-18/h3-10,13-14H,11-12H2,1-2H3,(H,23,25)(H,24,26)/b22-13+. The fourth-order valence-electron chi connectivity index (χ4n) is 2.19. The lowest BCUT2D eigenvalue weighted by Gasteiger charge is -2.05. The summed E-state index contributed by atoms with van der Waals surface area (Å²) in [6.07, 6.45) is 1.58. The second-order valence-corrected chi connectivity index (χ2v) is 6.17. The van der Waals surface area contributed by atoms with Gasteiger partial charge in [-0.05, 0) is 41.3 Å². The molecule has 2 rings (SSSR count). The maximum atomic E-state index is 12.8. The highest BCUT2D eigenvalue weighted by atomic mass is 19.1. The minimum Gasteiger partial charge on any atom is -0.326 e. The number of hydrogen-bond donors (Lipinski definition) is 2. The van der Waals surface area contributed by atoms with Crippen LogP contribution in [0.3, 0.4) is 0 Å². The van der Waals surface area contributed by atoms with Crippen molar-refractivity contribution >= 4 is 23.7 Å². The van der Waals surface area contributed by atoms with E-state index in [-0.39, 0.29) is 30.5 Å². The summed E-state index contributed by atoms with van der Waals surface area (Å²) in [6.45, 7) is 4.24. The number of halogens is 1. The Hall–Kier alpha value is -3.02. The molecule has 0 fully saturated rings. The number of anilines is 1. The average Bonchev–Trinajstić information content (AvgIpc) is 2.62. The third-order valence-electron chi connectivity index (χ3n) is 3.71. The van der Waals surface area contributed by atoms with Crippen LogP contribution >= 0.6 is 0 Å². The van der Waals surface area contributed by atoms with Gasteiger partial charge in [0.1, 0.15) is 5.82 Å². The van der Waals surface area contributed by atoms with Crippen molar-refractivity contribution in [3.63, 3.8) is 0 Å². The third-order valence-corrected chi connectivity index (χ3v) is 3.71. The predicted molar refractivity (Wildman–Crippen MR) is 101 cm³/mol. The second-order valence-electron chi connectivity index (χ2n) is 6.17. The molecular formula is C20H22FN3O2. The molecule has 2 aromatic rings. The van der Waals surface area contributed by atoms with E-state index in [4.69, 9.17) is 0 Å². The highest BCUT2D eigenvalue weighted by molar-refractivity contribution is 5.93. The molecule has 0 aliphatic carbocycles. The van der Waals surface area contributed by atoms with Gasteiger partial charge in [-0.25, -0.2) is 9.82 Å². The third kappa shape index (κ3) is 6.47. The van der Waals surface area contributed by atoms with Gasteiger partial charge >= 0.3 is 0 Å². The van der Waals surface area contributed by atoms with Crippen LogP contribution in [0.2, 0.25) is 0 Å². The van der Waals surface area contributed by atoms with E-state index < -0.39 is 0 Å². The van der Waals surface area contributed by atoms with E-state index in [0.717, 1.165) is 5.56 Å². The highest BCUT2D eigenvalue weighted by Crippen LogP contribution is 2.13. The molecular weight excluding hydrogens is 333 g/mol. The highest BCUT2D eigenvalue weighted by Gasteiger charge is 2.07. The maximum absolute atomic E-state index is 12.8. The van der Waals surface area contributed by atoms with Crippen LogP contribution in [0.1, 0.15) is 43.7 Å².